The second-order valence-electron chi connectivity index (χ2n) is 3.69. The van der Waals surface area contributed by atoms with Crippen LogP contribution in [0.1, 0.15) is 5.56 Å². The fourth-order valence-corrected chi connectivity index (χ4v) is 1.99. The second kappa shape index (κ2) is 5.92. The number of hydrogen-bond donors (Lipinski definition) is 3. The van der Waals surface area contributed by atoms with Crippen molar-refractivity contribution in [2.45, 2.75) is 0 Å². The van der Waals surface area contributed by atoms with Gasteiger partial charge in [-0.15, -0.1) is 0 Å². The van der Waals surface area contributed by atoms with Gasteiger partial charge >= 0.3 is 0 Å². The molecule has 0 fully saturated rings. The second-order valence-corrected chi connectivity index (χ2v) is 4.51. The summed E-state index contributed by atoms with van der Waals surface area (Å²) in [5, 5.41) is 12.2. The zero-order valence-corrected chi connectivity index (χ0v) is 11.4. The lowest BCUT2D eigenvalue weighted by atomic mass is 10.2. The van der Waals surface area contributed by atoms with Gasteiger partial charge in [-0.3, -0.25) is 0 Å². The first-order chi connectivity index (χ1) is 9.56. The minimum atomic E-state index is -0.639. The molecule has 2 aromatic rings. The summed E-state index contributed by atoms with van der Waals surface area (Å²) in [6.45, 7) is 0. The molecular formula is C12H8Cl2FN5. The van der Waals surface area contributed by atoms with Crippen molar-refractivity contribution in [3.63, 3.8) is 0 Å². The van der Waals surface area contributed by atoms with E-state index >= 15 is 0 Å². The zero-order chi connectivity index (χ0) is 14.7. The van der Waals surface area contributed by atoms with Crippen LogP contribution >= 0.6 is 23.2 Å². The fraction of sp³-hybridized carbons (Fsp3) is 0. The SMILES string of the molecule is N#Cc1c(F)cccc1Nc1nc(NN)c(Cl)cc1Cl. The van der Waals surface area contributed by atoms with E-state index in [1.807, 2.05) is 0 Å². The standard InChI is InChI=1S/C12H8Cl2FN5/c13-7-4-8(14)12(20-17)19-11(7)18-10-3-1-2-9(15)6(10)5-16/h1-4H,17H2,(H2,18,19,20). The Morgan fingerprint density at radius 1 is 1.25 bits per heavy atom. The molecule has 0 aliphatic rings. The molecule has 0 atom stereocenters. The normalized spacial score (nSPS) is 9.95. The summed E-state index contributed by atoms with van der Waals surface area (Å²) >= 11 is 11.8. The molecule has 20 heavy (non-hydrogen) atoms. The molecule has 0 saturated carbocycles. The lowest BCUT2D eigenvalue weighted by molar-refractivity contribution is 0.624. The molecule has 0 bridgehead atoms. The van der Waals surface area contributed by atoms with Gasteiger partial charge in [0, 0.05) is 0 Å². The maximum absolute atomic E-state index is 13.5. The van der Waals surface area contributed by atoms with Crippen molar-refractivity contribution in [1.82, 2.24) is 4.98 Å². The van der Waals surface area contributed by atoms with Gasteiger partial charge in [0.15, 0.2) is 11.6 Å². The number of rotatable bonds is 3. The van der Waals surface area contributed by atoms with Gasteiger partial charge in [-0.1, -0.05) is 29.3 Å². The Bertz CT molecular complexity index is 699. The van der Waals surface area contributed by atoms with E-state index in [2.05, 4.69) is 15.7 Å². The summed E-state index contributed by atoms with van der Waals surface area (Å²) in [7, 11) is 0. The van der Waals surface area contributed by atoms with Gasteiger partial charge in [-0.2, -0.15) is 5.26 Å². The molecule has 5 nitrogen and oxygen atoms in total. The van der Waals surface area contributed by atoms with Gasteiger partial charge in [-0.05, 0) is 18.2 Å². The molecule has 0 saturated heterocycles. The van der Waals surface area contributed by atoms with Gasteiger partial charge in [-0.25, -0.2) is 15.2 Å². The molecule has 1 heterocycles. The predicted molar refractivity (Wildman–Crippen MR) is 76.5 cm³/mol. The molecule has 0 aliphatic carbocycles. The van der Waals surface area contributed by atoms with E-state index in [9.17, 15) is 4.39 Å². The van der Waals surface area contributed by atoms with E-state index in [1.165, 1.54) is 24.3 Å². The Morgan fingerprint density at radius 3 is 2.60 bits per heavy atom. The minimum absolute atomic E-state index is 0.137. The number of hydrazine groups is 1. The van der Waals surface area contributed by atoms with Crippen LogP contribution in [0.2, 0.25) is 10.0 Å². The van der Waals surface area contributed by atoms with Gasteiger partial charge in [0.05, 0.1) is 15.7 Å². The lowest BCUT2D eigenvalue weighted by Gasteiger charge is -2.11. The molecule has 0 spiro atoms. The van der Waals surface area contributed by atoms with Crippen molar-refractivity contribution >= 4 is 40.5 Å². The predicted octanol–water partition coefficient (Wildman–Crippen LogP) is 3.43. The summed E-state index contributed by atoms with van der Waals surface area (Å²) in [5.41, 5.74) is 2.41. The largest absolute Gasteiger partial charge is 0.338 e. The summed E-state index contributed by atoms with van der Waals surface area (Å²) < 4.78 is 13.5. The van der Waals surface area contributed by atoms with Crippen LogP contribution in [0.25, 0.3) is 0 Å². The quantitative estimate of drug-likeness (QED) is 0.597. The van der Waals surface area contributed by atoms with E-state index in [0.717, 1.165) is 0 Å². The molecule has 0 aliphatic heterocycles. The van der Waals surface area contributed by atoms with Crippen LogP contribution in [-0.4, -0.2) is 4.98 Å². The number of anilines is 3. The van der Waals surface area contributed by atoms with Gasteiger partial charge < -0.3 is 10.7 Å². The first kappa shape index (κ1) is 14.3. The Kier molecular flexibility index (Phi) is 4.25. The topological polar surface area (TPSA) is 86.8 Å². The number of pyridine rings is 1. The lowest BCUT2D eigenvalue weighted by Crippen LogP contribution is -2.10. The van der Waals surface area contributed by atoms with Crippen LogP contribution in [0.4, 0.5) is 21.7 Å². The van der Waals surface area contributed by atoms with Crippen molar-refractivity contribution in [1.29, 1.82) is 5.26 Å². The summed E-state index contributed by atoms with van der Waals surface area (Å²) in [4.78, 5) is 4.05. The van der Waals surface area contributed by atoms with Crippen molar-refractivity contribution < 1.29 is 4.39 Å². The average molecular weight is 312 g/mol. The third-order valence-corrected chi connectivity index (χ3v) is 3.02. The highest BCUT2D eigenvalue weighted by Crippen LogP contribution is 2.31. The van der Waals surface area contributed by atoms with E-state index in [4.69, 9.17) is 34.3 Å². The highest BCUT2D eigenvalue weighted by molar-refractivity contribution is 6.37. The molecule has 1 aromatic carbocycles. The fourth-order valence-electron chi connectivity index (χ4n) is 1.52. The van der Waals surface area contributed by atoms with E-state index in [-0.39, 0.29) is 32.9 Å². The average Bonchev–Trinajstić information content (AvgIpc) is 2.42. The molecule has 4 N–H and O–H groups in total. The molecule has 0 radical (unpaired) electrons. The van der Waals surface area contributed by atoms with Crippen LogP contribution < -0.4 is 16.6 Å². The number of nitriles is 1. The molecule has 1 aromatic heterocycles. The Morgan fingerprint density at radius 2 is 1.95 bits per heavy atom. The van der Waals surface area contributed by atoms with Crippen LogP contribution in [0, 0.1) is 17.1 Å². The minimum Gasteiger partial charge on any atom is -0.338 e. The molecule has 2 rings (SSSR count). The van der Waals surface area contributed by atoms with Crippen molar-refractivity contribution in [2.24, 2.45) is 5.84 Å². The van der Waals surface area contributed by atoms with Crippen LogP contribution in [0.3, 0.4) is 0 Å². The maximum Gasteiger partial charge on any atom is 0.161 e. The molecule has 102 valence electrons. The van der Waals surface area contributed by atoms with Crippen molar-refractivity contribution in [2.75, 3.05) is 10.7 Å². The number of nitrogen functional groups attached to an aromatic ring is 1. The van der Waals surface area contributed by atoms with Crippen LogP contribution in [0.5, 0.6) is 0 Å². The van der Waals surface area contributed by atoms with Gasteiger partial charge in [0.1, 0.15) is 17.4 Å². The highest BCUT2D eigenvalue weighted by Gasteiger charge is 2.12. The Labute approximate surface area is 124 Å². The van der Waals surface area contributed by atoms with E-state index < -0.39 is 5.82 Å². The van der Waals surface area contributed by atoms with Crippen molar-refractivity contribution in [3.8, 4) is 6.07 Å². The number of nitrogens with two attached hydrogens (primary N) is 1. The number of nitrogens with one attached hydrogen (secondary N) is 2. The Hall–Kier alpha value is -2.07. The molecule has 0 unspecified atom stereocenters. The smallest absolute Gasteiger partial charge is 0.161 e. The Balaban J connectivity index is 2.46. The monoisotopic (exact) mass is 311 g/mol. The first-order valence-corrected chi connectivity index (χ1v) is 6.10. The summed E-state index contributed by atoms with van der Waals surface area (Å²) in [6, 6.07) is 7.38. The summed E-state index contributed by atoms with van der Waals surface area (Å²) in [5.74, 6) is 5.03. The maximum atomic E-state index is 13.5. The third kappa shape index (κ3) is 2.75. The van der Waals surface area contributed by atoms with Gasteiger partial charge in [0.2, 0.25) is 0 Å². The van der Waals surface area contributed by atoms with Crippen LogP contribution in [0.15, 0.2) is 24.3 Å². The zero-order valence-electron chi connectivity index (χ0n) is 9.92. The van der Waals surface area contributed by atoms with Gasteiger partial charge in [0.25, 0.3) is 0 Å². The highest BCUT2D eigenvalue weighted by atomic mass is 35.5. The molecular weight excluding hydrogens is 304 g/mol. The number of nitrogens with zero attached hydrogens (tertiary/aromatic N) is 2. The molecule has 0 amide bonds. The molecule has 8 heteroatoms. The number of hydrogen-bond acceptors (Lipinski definition) is 5. The van der Waals surface area contributed by atoms with Crippen LogP contribution in [-0.2, 0) is 0 Å². The van der Waals surface area contributed by atoms with E-state index in [1.54, 1.807) is 6.07 Å². The van der Waals surface area contributed by atoms with E-state index in [0.29, 0.717) is 0 Å². The first-order valence-electron chi connectivity index (χ1n) is 5.35. The summed E-state index contributed by atoms with van der Waals surface area (Å²) in [6.07, 6.45) is 0. The number of halogens is 3. The van der Waals surface area contributed by atoms with Crippen molar-refractivity contribution in [3.05, 3.63) is 45.7 Å². The number of aromatic nitrogens is 1. The number of benzene rings is 1. The third-order valence-electron chi connectivity index (χ3n) is 2.44.